The quantitative estimate of drug-likeness (QED) is 0.725. The van der Waals surface area contributed by atoms with Gasteiger partial charge < -0.3 is 5.11 Å². The van der Waals surface area contributed by atoms with Crippen molar-refractivity contribution in [2.75, 3.05) is 0 Å². The van der Waals surface area contributed by atoms with Crippen LogP contribution in [0.25, 0.3) is 16.2 Å². The first-order chi connectivity index (χ1) is 10.4. The number of aromatic nitrogens is 3. The minimum Gasteiger partial charge on any atom is -0.477 e. The molecule has 1 N–H and O–H groups in total. The second-order valence-electron chi connectivity index (χ2n) is 4.45. The van der Waals surface area contributed by atoms with Gasteiger partial charge in [-0.05, 0) is 18.6 Å². The van der Waals surface area contributed by atoms with Crippen molar-refractivity contribution in [1.29, 1.82) is 0 Å². The summed E-state index contributed by atoms with van der Waals surface area (Å²) in [6.45, 7) is 1.62. The van der Waals surface area contributed by atoms with E-state index >= 15 is 0 Å². The Hall–Kier alpha value is -2.32. The number of carbonyl (C=O) groups is 1. The fourth-order valence-electron chi connectivity index (χ4n) is 2.11. The number of hydrogen-bond acceptors (Lipinski definition) is 5. The van der Waals surface area contributed by atoms with Crippen molar-refractivity contribution >= 4 is 39.9 Å². The van der Waals surface area contributed by atoms with Crippen LogP contribution in [0.5, 0.6) is 0 Å². The smallest absolute Gasteiger partial charge is 0.341 e. The molecule has 3 aromatic rings. The highest BCUT2D eigenvalue weighted by Crippen LogP contribution is 2.23. The lowest BCUT2D eigenvalue weighted by Crippen LogP contribution is -2.19. The number of pyridine rings is 2. The van der Waals surface area contributed by atoms with Crippen LogP contribution in [0.15, 0.2) is 23.3 Å². The van der Waals surface area contributed by atoms with Gasteiger partial charge in [0.1, 0.15) is 10.7 Å². The van der Waals surface area contributed by atoms with Crippen molar-refractivity contribution in [2.24, 2.45) is 0 Å². The van der Waals surface area contributed by atoms with Crippen LogP contribution in [0, 0.1) is 12.1 Å². The maximum Gasteiger partial charge on any atom is 0.341 e. The van der Waals surface area contributed by atoms with Crippen LogP contribution in [-0.4, -0.2) is 25.6 Å². The molecule has 0 radical (unpaired) electrons. The maximum absolute atomic E-state index is 13.2. The van der Waals surface area contributed by atoms with Crippen molar-refractivity contribution in [2.45, 2.75) is 6.92 Å². The van der Waals surface area contributed by atoms with E-state index in [0.717, 1.165) is 12.4 Å². The van der Waals surface area contributed by atoms with E-state index in [1.807, 2.05) is 0 Å². The molecule has 0 atom stereocenters. The first-order valence-electron chi connectivity index (χ1n) is 5.96. The van der Waals surface area contributed by atoms with Gasteiger partial charge in [-0.25, -0.2) is 14.8 Å². The molecule has 0 spiro atoms. The highest BCUT2D eigenvalue weighted by atomic mass is 35.5. The number of halogens is 2. The first kappa shape index (κ1) is 14.6. The number of fused-ring (bicyclic) bond motifs is 1. The molecule has 3 heterocycles. The number of aryl methyl sites for hydroxylation is 1. The minimum absolute atomic E-state index is 0.111. The van der Waals surface area contributed by atoms with Crippen LogP contribution in [0.2, 0.25) is 5.15 Å². The predicted molar refractivity (Wildman–Crippen MR) is 79.7 cm³/mol. The zero-order chi connectivity index (χ0) is 16.0. The Labute approximate surface area is 131 Å². The van der Waals surface area contributed by atoms with E-state index in [2.05, 4.69) is 9.97 Å². The van der Waals surface area contributed by atoms with E-state index in [9.17, 15) is 19.1 Å². The number of rotatable bonds is 2. The molecule has 6 nitrogen and oxygen atoms in total. The fraction of sp³-hybridized carbons (Fsp3) is 0.0769. The predicted octanol–water partition coefficient (Wildman–Crippen LogP) is 2.64. The molecule has 0 fully saturated rings. The van der Waals surface area contributed by atoms with Gasteiger partial charge in [0.25, 0.3) is 0 Å². The maximum atomic E-state index is 13.2. The van der Waals surface area contributed by atoms with Gasteiger partial charge in [-0.1, -0.05) is 22.9 Å². The molecule has 0 aliphatic rings. The second kappa shape index (κ2) is 5.15. The first-order valence-corrected chi connectivity index (χ1v) is 7.15. The summed E-state index contributed by atoms with van der Waals surface area (Å²) in [5.41, 5.74) is -0.504. The zero-order valence-corrected chi connectivity index (χ0v) is 12.6. The average Bonchev–Trinajstić information content (AvgIpc) is 2.84. The molecule has 0 aliphatic heterocycles. The van der Waals surface area contributed by atoms with E-state index in [1.54, 1.807) is 6.92 Å². The van der Waals surface area contributed by atoms with Crippen molar-refractivity contribution < 1.29 is 14.3 Å². The number of aromatic carboxylic acids is 1. The third-order valence-electron chi connectivity index (χ3n) is 3.03. The van der Waals surface area contributed by atoms with Crippen molar-refractivity contribution in [3.63, 3.8) is 0 Å². The van der Waals surface area contributed by atoms with E-state index in [-0.39, 0.29) is 21.3 Å². The van der Waals surface area contributed by atoms with Gasteiger partial charge in [-0.2, -0.15) is 4.39 Å². The summed E-state index contributed by atoms with van der Waals surface area (Å²) in [4.78, 5) is 31.5. The van der Waals surface area contributed by atoms with E-state index in [1.165, 1.54) is 10.6 Å². The normalized spacial score (nSPS) is 11.0. The second-order valence-corrected chi connectivity index (χ2v) is 5.80. The molecule has 0 saturated heterocycles. The van der Waals surface area contributed by atoms with E-state index in [0.29, 0.717) is 16.9 Å². The number of thiazole rings is 1. The molecular weight excluding hydrogens is 333 g/mol. The van der Waals surface area contributed by atoms with Crippen molar-refractivity contribution in [3.8, 4) is 5.13 Å². The van der Waals surface area contributed by atoms with Gasteiger partial charge in [0.15, 0.2) is 15.9 Å². The molecule has 112 valence electrons. The van der Waals surface area contributed by atoms with Crippen molar-refractivity contribution in [1.82, 2.24) is 14.5 Å². The molecule has 22 heavy (non-hydrogen) atoms. The minimum atomic E-state index is -1.38. The Morgan fingerprint density at radius 1 is 1.50 bits per heavy atom. The molecule has 3 rings (SSSR count). The van der Waals surface area contributed by atoms with Gasteiger partial charge >= 0.3 is 5.97 Å². The van der Waals surface area contributed by atoms with E-state index in [4.69, 9.17) is 11.6 Å². The van der Waals surface area contributed by atoms with Crippen molar-refractivity contribution in [3.05, 3.63) is 50.1 Å². The van der Waals surface area contributed by atoms with Gasteiger partial charge in [0.05, 0.1) is 11.6 Å². The van der Waals surface area contributed by atoms with Crippen LogP contribution in [0.1, 0.15) is 15.9 Å². The standard InChI is InChI=1S/C13H7ClFN3O3S/c1-5-2-7(14)17-11-9(5)10(19)6(12(20)21)4-18(11)13-16-3-8(15)22-13/h2-4H,1H3,(H,20,21). The molecule has 0 aliphatic carbocycles. The Balaban J connectivity index is 2.52. The third-order valence-corrected chi connectivity index (χ3v) is 4.00. The summed E-state index contributed by atoms with van der Waals surface area (Å²) in [6, 6.07) is 1.46. The Kier molecular flexibility index (Phi) is 3.42. The summed E-state index contributed by atoms with van der Waals surface area (Å²) < 4.78 is 14.5. The molecule has 9 heteroatoms. The lowest BCUT2D eigenvalue weighted by Gasteiger charge is -2.10. The third kappa shape index (κ3) is 2.26. The highest BCUT2D eigenvalue weighted by molar-refractivity contribution is 7.12. The summed E-state index contributed by atoms with van der Waals surface area (Å²) in [5, 5.41) is 9.05. The number of nitrogens with zero attached hydrogens (tertiary/aromatic N) is 3. The summed E-state index contributed by atoms with van der Waals surface area (Å²) in [7, 11) is 0. The lowest BCUT2D eigenvalue weighted by molar-refractivity contribution is 0.0695. The largest absolute Gasteiger partial charge is 0.477 e. The molecule has 0 bridgehead atoms. The highest BCUT2D eigenvalue weighted by Gasteiger charge is 2.19. The van der Waals surface area contributed by atoms with Gasteiger partial charge in [0, 0.05) is 6.20 Å². The Morgan fingerprint density at radius 3 is 2.82 bits per heavy atom. The molecule has 3 aromatic heterocycles. The number of carboxylic acid groups (broad SMARTS) is 1. The van der Waals surface area contributed by atoms with Gasteiger partial charge in [0.2, 0.25) is 5.43 Å². The Morgan fingerprint density at radius 2 is 2.23 bits per heavy atom. The number of carboxylic acids is 1. The van der Waals surface area contributed by atoms with Gasteiger partial charge in [-0.15, -0.1) is 0 Å². The Bertz CT molecular complexity index is 983. The van der Waals surface area contributed by atoms with Crippen LogP contribution >= 0.6 is 22.9 Å². The van der Waals surface area contributed by atoms with Crippen LogP contribution < -0.4 is 5.43 Å². The topological polar surface area (TPSA) is 85.1 Å². The molecule has 0 amide bonds. The average molecular weight is 340 g/mol. The molecule has 0 saturated carbocycles. The summed E-state index contributed by atoms with van der Waals surface area (Å²) in [5.74, 6) is -1.38. The monoisotopic (exact) mass is 339 g/mol. The summed E-state index contributed by atoms with van der Waals surface area (Å²) >= 11 is 6.61. The lowest BCUT2D eigenvalue weighted by atomic mass is 10.1. The van der Waals surface area contributed by atoms with Crippen LogP contribution in [0.4, 0.5) is 4.39 Å². The number of hydrogen-bond donors (Lipinski definition) is 1. The zero-order valence-electron chi connectivity index (χ0n) is 11.0. The summed E-state index contributed by atoms with van der Waals surface area (Å²) in [6.07, 6.45) is 2.08. The van der Waals surface area contributed by atoms with E-state index < -0.39 is 22.1 Å². The van der Waals surface area contributed by atoms with Crippen LogP contribution in [-0.2, 0) is 0 Å². The van der Waals surface area contributed by atoms with Crippen LogP contribution in [0.3, 0.4) is 0 Å². The van der Waals surface area contributed by atoms with Gasteiger partial charge in [-0.3, -0.25) is 9.36 Å². The molecule has 0 unspecified atom stereocenters. The molecule has 0 aromatic carbocycles. The SMILES string of the molecule is Cc1cc(Cl)nc2c1c(=O)c(C(=O)O)cn2-c1ncc(F)s1. The molecular formula is C13H7ClFN3O3S. The fourth-order valence-corrected chi connectivity index (χ4v) is 2.98.